The molecule has 1 fully saturated rings. The Hall–Kier alpha value is -2.57. The van der Waals surface area contributed by atoms with E-state index in [4.69, 9.17) is 9.47 Å². The fourth-order valence-corrected chi connectivity index (χ4v) is 3.61. The number of ether oxygens (including phenoxy) is 2. The van der Waals surface area contributed by atoms with Gasteiger partial charge in [0.25, 0.3) is 0 Å². The lowest BCUT2D eigenvalue weighted by molar-refractivity contribution is 0.0341. The summed E-state index contributed by atoms with van der Waals surface area (Å²) in [5, 5.41) is 6.86. The Balaban J connectivity index is 1.54. The Morgan fingerprint density at radius 1 is 1.07 bits per heavy atom. The largest absolute Gasteiger partial charge is 0.494 e. The van der Waals surface area contributed by atoms with Gasteiger partial charge in [-0.15, -0.1) is 0 Å². The van der Waals surface area contributed by atoms with Crippen molar-refractivity contribution in [2.45, 2.75) is 33.5 Å². The number of aliphatic imine (C=N–C) groups is 1. The lowest BCUT2D eigenvalue weighted by Gasteiger charge is -2.27. The van der Waals surface area contributed by atoms with Crippen molar-refractivity contribution in [1.82, 2.24) is 15.5 Å². The highest BCUT2D eigenvalue weighted by Gasteiger charge is 2.13. The van der Waals surface area contributed by atoms with Crippen LogP contribution in [0.2, 0.25) is 0 Å². The highest BCUT2D eigenvalue weighted by atomic mass is 16.5. The maximum atomic E-state index is 5.62. The minimum Gasteiger partial charge on any atom is -0.494 e. The number of nitrogens with one attached hydrogen (secondary N) is 2. The van der Waals surface area contributed by atoms with Crippen molar-refractivity contribution in [1.29, 1.82) is 0 Å². The molecule has 1 saturated heterocycles. The van der Waals surface area contributed by atoms with Crippen LogP contribution in [-0.2, 0) is 24.4 Å². The first kappa shape index (κ1) is 22.1. The van der Waals surface area contributed by atoms with Crippen LogP contribution < -0.4 is 15.4 Å². The van der Waals surface area contributed by atoms with Gasteiger partial charge in [0, 0.05) is 39.8 Å². The molecule has 162 valence electrons. The molecular formula is C24H34N4O2. The maximum absolute atomic E-state index is 5.62. The van der Waals surface area contributed by atoms with Gasteiger partial charge in [-0.3, -0.25) is 9.89 Å². The number of nitrogens with zero attached hydrogens (tertiary/aromatic N) is 2. The zero-order chi connectivity index (χ0) is 21.2. The molecule has 0 saturated carbocycles. The Morgan fingerprint density at radius 3 is 2.50 bits per heavy atom. The first-order valence-corrected chi connectivity index (χ1v) is 10.7. The van der Waals surface area contributed by atoms with E-state index in [1.54, 1.807) is 7.05 Å². The van der Waals surface area contributed by atoms with Crippen molar-refractivity contribution in [2.24, 2.45) is 4.99 Å². The second-order valence-electron chi connectivity index (χ2n) is 7.47. The summed E-state index contributed by atoms with van der Waals surface area (Å²) >= 11 is 0. The summed E-state index contributed by atoms with van der Waals surface area (Å²) in [6.45, 7) is 10.8. The molecule has 2 aromatic rings. The third-order valence-corrected chi connectivity index (χ3v) is 5.29. The molecule has 3 rings (SSSR count). The summed E-state index contributed by atoms with van der Waals surface area (Å²) < 4.78 is 11.1. The molecule has 0 unspecified atom stereocenters. The normalized spacial score (nSPS) is 15.1. The number of hydrogen-bond acceptors (Lipinski definition) is 4. The van der Waals surface area contributed by atoms with E-state index in [-0.39, 0.29) is 0 Å². The lowest BCUT2D eigenvalue weighted by Crippen LogP contribution is -2.37. The van der Waals surface area contributed by atoms with E-state index >= 15 is 0 Å². The van der Waals surface area contributed by atoms with E-state index in [9.17, 15) is 0 Å². The molecule has 0 aliphatic carbocycles. The maximum Gasteiger partial charge on any atom is 0.191 e. The SMILES string of the molecule is CCOc1ccc(CNC(=NC)NCc2ccccc2CN2CCOCC2)cc1C. The zero-order valence-electron chi connectivity index (χ0n) is 18.4. The van der Waals surface area contributed by atoms with E-state index in [2.05, 4.69) is 63.8 Å². The van der Waals surface area contributed by atoms with Gasteiger partial charge in [0.05, 0.1) is 19.8 Å². The fourth-order valence-electron chi connectivity index (χ4n) is 3.61. The standard InChI is InChI=1S/C24H34N4O2/c1-4-30-23-10-9-20(15-19(23)2)16-26-24(25-3)27-17-21-7-5-6-8-22(21)18-28-11-13-29-14-12-28/h5-10,15H,4,11-14,16-18H2,1-3H3,(H2,25,26,27). The molecule has 30 heavy (non-hydrogen) atoms. The first-order valence-electron chi connectivity index (χ1n) is 10.7. The predicted octanol–water partition coefficient (Wildman–Crippen LogP) is 3.09. The number of rotatable bonds is 8. The highest BCUT2D eigenvalue weighted by molar-refractivity contribution is 5.79. The van der Waals surface area contributed by atoms with Gasteiger partial charge in [-0.05, 0) is 42.2 Å². The molecule has 2 N–H and O–H groups in total. The molecule has 1 aliphatic rings. The fraction of sp³-hybridized carbons (Fsp3) is 0.458. The summed E-state index contributed by atoms with van der Waals surface area (Å²) in [4.78, 5) is 6.82. The number of aryl methyl sites for hydroxylation is 1. The van der Waals surface area contributed by atoms with Crippen LogP contribution in [0.25, 0.3) is 0 Å². The Kier molecular flexibility index (Phi) is 8.53. The van der Waals surface area contributed by atoms with Crippen LogP contribution in [0.15, 0.2) is 47.5 Å². The third-order valence-electron chi connectivity index (χ3n) is 5.29. The Morgan fingerprint density at radius 2 is 1.80 bits per heavy atom. The van der Waals surface area contributed by atoms with Gasteiger partial charge >= 0.3 is 0 Å². The van der Waals surface area contributed by atoms with Crippen molar-refractivity contribution >= 4 is 5.96 Å². The van der Waals surface area contributed by atoms with Gasteiger partial charge in [0.15, 0.2) is 5.96 Å². The van der Waals surface area contributed by atoms with Crippen LogP contribution >= 0.6 is 0 Å². The van der Waals surface area contributed by atoms with Gasteiger partial charge < -0.3 is 20.1 Å². The predicted molar refractivity (Wildman–Crippen MR) is 122 cm³/mol. The van der Waals surface area contributed by atoms with E-state index in [1.165, 1.54) is 16.7 Å². The van der Waals surface area contributed by atoms with Crippen molar-refractivity contribution < 1.29 is 9.47 Å². The molecule has 1 aliphatic heterocycles. The second-order valence-corrected chi connectivity index (χ2v) is 7.47. The molecule has 0 bridgehead atoms. The van der Waals surface area contributed by atoms with E-state index in [0.29, 0.717) is 13.2 Å². The topological polar surface area (TPSA) is 58.1 Å². The minimum atomic E-state index is 0.683. The molecule has 0 aromatic heterocycles. The van der Waals surface area contributed by atoms with Crippen LogP contribution in [0.3, 0.4) is 0 Å². The van der Waals surface area contributed by atoms with Crippen molar-refractivity contribution in [3.63, 3.8) is 0 Å². The quantitative estimate of drug-likeness (QED) is 0.517. The van der Waals surface area contributed by atoms with Crippen LogP contribution in [0.4, 0.5) is 0 Å². The van der Waals surface area contributed by atoms with Gasteiger partial charge in [0.2, 0.25) is 0 Å². The molecule has 2 aromatic carbocycles. The molecule has 0 radical (unpaired) electrons. The van der Waals surface area contributed by atoms with E-state index < -0.39 is 0 Å². The summed E-state index contributed by atoms with van der Waals surface area (Å²) in [5.74, 6) is 1.74. The molecule has 1 heterocycles. The molecular weight excluding hydrogens is 376 g/mol. The number of benzene rings is 2. The average Bonchev–Trinajstić information content (AvgIpc) is 2.77. The summed E-state index contributed by atoms with van der Waals surface area (Å²) in [6, 6.07) is 14.9. The zero-order valence-corrected chi connectivity index (χ0v) is 18.4. The van der Waals surface area contributed by atoms with Crippen molar-refractivity contribution in [2.75, 3.05) is 40.0 Å². The average molecular weight is 411 g/mol. The number of guanidine groups is 1. The van der Waals surface area contributed by atoms with Crippen molar-refractivity contribution in [3.05, 3.63) is 64.7 Å². The van der Waals surface area contributed by atoms with Gasteiger partial charge in [-0.25, -0.2) is 0 Å². The second kappa shape index (κ2) is 11.6. The van der Waals surface area contributed by atoms with Crippen LogP contribution in [0.1, 0.15) is 29.2 Å². The van der Waals surface area contributed by atoms with Gasteiger partial charge in [-0.1, -0.05) is 36.4 Å². The van der Waals surface area contributed by atoms with Gasteiger partial charge in [-0.2, -0.15) is 0 Å². The summed E-state index contributed by atoms with van der Waals surface area (Å²) in [5.41, 5.74) is 5.00. The van der Waals surface area contributed by atoms with Crippen molar-refractivity contribution in [3.8, 4) is 5.75 Å². The Labute approximate surface area is 180 Å². The molecule has 6 heteroatoms. The Bertz CT molecular complexity index is 832. The smallest absolute Gasteiger partial charge is 0.191 e. The molecule has 0 spiro atoms. The first-order chi connectivity index (χ1) is 14.7. The van der Waals surface area contributed by atoms with Crippen LogP contribution in [0, 0.1) is 6.92 Å². The number of hydrogen-bond donors (Lipinski definition) is 2. The van der Waals surface area contributed by atoms with Crippen LogP contribution in [-0.4, -0.2) is 50.8 Å². The number of morpholine rings is 1. The lowest BCUT2D eigenvalue weighted by atomic mass is 10.1. The van der Waals surface area contributed by atoms with Gasteiger partial charge in [0.1, 0.15) is 5.75 Å². The van der Waals surface area contributed by atoms with Crippen LogP contribution in [0.5, 0.6) is 5.75 Å². The molecule has 6 nitrogen and oxygen atoms in total. The molecule has 0 atom stereocenters. The van der Waals surface area contributed by atoms with E-state index in [0.717, 1.165) is 56.7 Å². The summed E-state index contributed by atoms with van der Waals surface area (Å²) in [7, 11) is 1.80. The third kappa shape index (κ3) is 6.47. The highest BCUT2D eigenvalue weighted by Crippen LogP contribution is 2.19. The monoisotopic (exact) mass is 410 g/mol. The summed E-state index contributed by atoms with van der Waals surface area (Å²) in [6.07, 6.45) is 0. The minimum absolute atomic E-state index is 0.683. The molecule has 0 amide bonds. The van der Waals surface area contributed by atoms with E-state index in [1.807, 2.05) is 13.0 Å².